The van der Waals surface area contributed by atoms with Crippen molar-refractivity contribution in [3.8, 4) is 55.6 Å². The maximum atomic E-state index is 6.25. The standard InChI is InChI=1S/C51H34O/c1-33-21-25-48-45(27-33)46-31-38(23-26-49(46)52-48)41-29-39(34-13-5-2-6-14-34)28-40(30-41)37-22-24-44-47(32-37)51(36-17-9-4-10-18-36)43-20-12-11-19-42(43)50(44)35-15-7-3-8-16-35/h2-32H,1H3. The van der Waals surface area contributed by atoms with E-state index in [9.17, 15) is 0 Å². The molecule has 0 saturated heterocycles. The molecule has 0 N–H and O–H groups in total. The lowest BCUT2D eigenvalue weighted by molar-refractivity contribution is 0.669. The molecule has 0 spiro atoms. The first kappa shape index (κ1) is 30.2. The molecule has 1 nitrogen and oxygen atoms in total. The largest absolute Gasteiger partial charge is 0.456 e. The van der Waals surface area contributed by atoms with Crippen molar-refractivity contribution in [2.45, 2.75) is 6.92 Å². The highest BCUT2D eigenvalue weighted by atomic mass is 16.3. The molecule has 0 aliphatic carbocycles. The number of fused-ring (bicyclic) bond motifs is 5. The van der Waals surface area contributed by atoms with E-state index in [-0.39, 0.29) is 0 Å². The summed E-state index contributed by atoms with van der Waals surface area (Å²) in [6.45, 7) is 2.14. The van der Waals surface area contributed by atoms with Crippen LogP contribution in [0.2, 0.25) is 0 Å². The minimum atomic E-state index is 0.910. The smallest absolute Gasteiger partial charge is 0.135 e. The first-order valence-corrected chi connectivity index (χ1v) is 17.9. The summed E-state index contributed by atoms with van der Waals surface area (Å²) in [5, 5.41) is 7.31. The Hall–Kier alpha value is -6.70. The lowest BCUT2D eigenvalue weighted by atomic mass is 9.84. The van der Waals surface area contributed by atoms with Gasteiger partial charge in [-0.2, -0.15) is 0 Å². The van der Waals surface area contributed by atoms with Crippen molar-refractivity contribution in [2.24, 2.45) is 0 Å². The molecule has 0 aliphatic heterocycles. The van der Waals surface area contributed by atoms with Crippen LogP contribution in [0.15, 0.2) is 192 Å². The average Bonchev–Trinajstić information content (AvgIpc) is 3.57. The molecule has 0 bridgehead atoms. The molecular formula is C51H34O. The molecule has 244 valence electrons. The number of furan rings is 1. The Balaban J connectivity index is 1.24. The van der Waals surface area contributed by atoms with Crippen molar-refractivity contribution in [3.05, 3.63) is 194 Å². The second kappa shape index (κ2) is 12.3. The van der Waals surface area contributed by atoms with Crippen LogP contribution in [0.3, 0.4) is 0 Å². The Labute approximate surface area is 303 Å². The molecular weight excluding hydrogens is 629 g/mol. The van der Waals surface area contributed by atoms with E-state index in [1.165, 1.54) is 82.7 Å². The summed E-state index contributed by atoms with van der Waals surface area (Å²) in [5.41, 5.74) is 15.1. The van der Waals surface area contributed by atoms with Crippen LogP contribution in [0.25, 0.3) is 99.1 Å². The number of hydrogen-bond acceptors (Lipinski definition) is 1. The van der Waals surface area contributed by atoms with Crippen LogP contribution in [0.1, 0.15) is 5.56 Å². The third kappa shape index (κ3) is 5.10. The van der Waals surface area contributed by atoms with Gasteiger partial charge in [0.1, 0.15) is 11.2 Å². The lowest BCUT2D eigenvalue weighted by Crippen LogP contribution is -1.92. The van der Waals surface area contributed by atoms with E-state index in [2.05, 4.69) is 195 Å². The Morgan fingerprint density at radius 2 is 0.692 bits per heavy atom. The van der Waals surface area contributed by atoms with Gasteiger partial charge in [-0.1, -0.05) is 145 Å². The normalized spacial score (nSPS) is 11.6. The van der Waals surface area contributed by atoms with Gasteiger partial charge in [0.2, 0.25) is 0 Å². The maximum Gasteiger partial charge on any atom is 0.135 e. The van der Waals surface area contributed by atoms with Crippen LogP contribution in [0, 0.1) is 6.92 Å². The molecule has 0 radical (unpaired) electrons. The predicted octanol–water partition coefficient (Wildman–Crippen LogP) is 14.5. The van der Waals surface area contributed by atoms with Gasteiger partial charge in [-0.25, -0.2) is 0 Å². The summed E-state index contributed by atoms with van der Waals surface area (Å²) in [7, 11) is 0. The van der Waals surface area contributed by atoms with Crippen molar-refractivity contribution in [1.29, 1.82) is 0 Å². The second-order valence-corrected chi connectivity index (χ2v) is 13.8. The topological polar surface area (TPSA) is 13.1 Å². The van der Waals surface area contributed by atoms with Gasteiger partial charge in [-0.3, -0.25) is 0 Å². The fourth-order valence-electron chi connectivity index (χ4n) is 8.02. The summed E-state index contributed by atoms with van der Waals surface area (Å²) in [6, 6.07) is 68.4. The molecule has 10 rings (SSSR count). The van der Waals surface area contributed by atoms with Gasteiger partial charge >= 0.3 is 0 Å². The average molecular weight is 663 g/mol. The minimum Gasteiger partial charge on any atom is -0.456 e. The summed E-state index contributed by atoms with van der Waals surface area (Å²) in [4.78, 5) is 0. The Bertz CT molecular complexity index is 2940. The molecule has 10 aromatic rings. The highest BCUT2D eigenvalue weighted by Crippen LogP contribution is 2.45. The number of aryl methyl sites for hydroxylation is 1. The Morgan fingerprint density at radius 1 is 0.269 bits per heavy atom. The summed E-state index contributed by atoms with van der Waals surface area (Å²) in [6.07, 6.45) is 0. The fourth-order valence-corrected chi connectivity index (χ4v) is 8.02. The molecule has 0 aliphatic rings. The van der Waals surface area contributed by atoms with Crippen LogP contribution in [0.4, 0.5) is 0 Å². The maximum absolute atomic E-state index is 6.25. The second-order valence-electron chi connectivity index (χ2n) is 13.8. The van der Waals surface area contributed by atoms with Crippen molar-refractivity contribution < 1.29 is 4.42 Å². The SMILES string of the molecule is Cc1ccc2oc3ccc(-c4cc(-c5ccccc5)cc(-c5ccc6c(-c7ccccc7)c7ccccc7c(-c7ccccc7)c6c5)c4)cc3c2c1. The first-order valence-electron chi connectivity index (χ1n) is 17.9. The third-order valence-corrected chi connectivity index (χ3v) is 10.5. The molecule has 1 heterocycles. The highest BCUT2D eigenvalue weighted by Gasteiger charge is 2.18. The highest BCUT2D eigenvalue weighted by molar-refractivity contribution is 6.22. The van der Waals surface area contributed by atoms with Crippen molar-refractivity contribution in [3.63, 3.8) is 0 Å². The Morgan fingerprint density at radius 3 is 1.29 bits per heavy atom. The molecule has 0 unspecified atom stereocenters. The van der Waals surface area contributed by atoms with Crippen LogP contribution in [-0.2, 0) is 0 Å². The van der Waals surface area contributed by atoms with Crippen LogP contribution in [-0.4, -0.2) is 0 Å². The molecule has 0 amide bonds. The van der Waals surface area contributed by atoms with E-state index in [1.54, 1.807) is 0 Å². The van der Waals surface area contributed by atoms with Gasteiger partial charge in [-0.15, -0.1) is 0 Å². The molecule has 0 saturated carbocycles. The van der Waals surface area contributed by atoms with Crippen LogP contribution < -0.4 is 0 Å². The van der Waals surface area contributed by atoms with E-state index < -0.39 is 0 Å². The van der Waals surface area contributed by atoms with E-state index >= 15 is 0 Å². The van der Waals surface area contributed by atoms with Gasteiger partial charge in [0, 0.05) is 10.8 Å². The first-order chi connectivity index (χ1) is 25.7. The third-order valence-electron chi connectivity index (χ3n) is 10.5. The van der Waals surface area contributed by atoms with E-state index in [4.69, 9.17) is 4.42 Å². The zero-order chi connectivity index (χ0) is 34.6. The number of benzene rings is 9. The van der Waals surface area contributed by atoms with E-state index in [0.717, 1.165) is 21.9 Å². The van der Waals surface area contributed by atoms with Crippen LogP contribution in [0.5, 0.6) is 0 Å². The molecule has 52 heavy (non-hydrogen) atoms. The lowest BCUT2D eigenvalue weighted by Gasteiger charge is -2.19. The molecule has 0 fully saturated rings. The Kier molecular flexibility index (Phi) is 7.11. The summed E-state index contributed by atoms with van der Waals surface area (Å²) >= 11 is 0. The fraction of sp³-hybridized carbons (Fsp3) is 0.0196. The minimum absolute atomic E-state index is 0.910. The van der Waals surface area contributed by atoms with E-state index in [1.807, 2.05) is 0 Å². The summed E-state index contributed by atoms with van der Waals surface area (Å²) in [5.74, 6) is 0. The molecule has 1 aromatic heterocycles. The predicted molar refractivity (Wildman–Crippen MR) is 221 cm³/mol. The summed E-state index contributed by atoms with van der Waals surface area (Å²) < 4.78 is 6.25. The molecule has 9 aromatic carbocycles. The number of hydrogen-bond donors (Lipinski definition) is 0. The monoisotopic (exact) mass is 662 g/mol. The van der Waals surface area contributed by atoms with Crippen molar-refractivity contribution in [2.75, 3.05) is 0 Å². The molecule has 1 heteroatoms. The van der Waals surface area contributed by atoms with Gasteiger partial charge in [0.25, 0.3) is 0 Å². The van der Waals surface area contributed by atoms with Gasteiger partial charge in [-0.05, 0) is 133 Å². The quantitative estimate of drug-likeness (QED) is 0.167. The molecule has 0 atom stereocenters. The van der Waals surface area contributed by atoms with Gasteiger partial charge in [0.05, 0.1) is 0 Å². The number of rotatable bonds is 5. The zero-order valence-corrected chi connectivity index (χ0v) is 28.8. The zero-order valence-electron chi connectivity index (χ0n) is 28.8. The van der Waals surface area contributed by atoms with Gasteiger partial charge < -0.3 is 4.42 Å². The van der Waals surface area contributed by atoms with Crippen LogP contribution >= 0.6 is 0 Å². The van der Waals surface area contributed by atoms with Gasteiger partial charge in [0.15, 0.2) is 0 Å². The van der Waals surface area contributed by atoms with E-state index in [0.29, 0.717) is 0 Å². The van der Waals surface area contributed by atoms with Crippen molar-refractivity contribution in [1.82, 2.24) is 0 Å². The van der Waals surface area contributed by atoms with Crippen molar-refractivity contribution >= 4 is 43.5 Å².